The summed E-state index contributed by atoms with van der Waals surface area (Å²) in [4.78, 5) is 4.97. The third-order valence-corrected chi connectivity index (χ3v) is 4.59. The highest BCUT2D eigenvalue weighted by Gasteiger charge is 2.28. The Kier molecular flexibility index (Phi) is 3.31. The molecule has 3 nitrogen and oxygen atoms in total. The summed E-state index contributed by atoms with van der Waals surface area (Å²) >= 11 is 3.57. The number of aliphatic imine (C=N–C) groups is 1. The number of nitrogens with zero attached hydrogens (tertiary/aromatic N) is 3. The summed E-state index contributed by atoms with van der Waals surface area (Å²) in [5, 5.41) is 9.87. The average molecular weight is 366 g/mol. The van der Waals surface area contributed by atoms with Crippen LogP contribution in [0.15, 0.2) is 58.0 Å². The molecule has 23 heavy (non-hydrogen) atoms. The minimum atomic E-state index is -0.135. The van der Waals surface area contributed by atoms with Crippen LogP contribution in [0.1, 0.15) is 30.7 Å². The van der Waals surface area contributed by atoms with Crippen molar-refractivity contribution in [2.45, 2.75) is 25.8 Å². The normalized spacial score (nSPS) is 16.0. The van der Waals surface area contributed by atoms with E-state index in [1.54, 1.807) is 0 Å². The van der Waals surface area contributed by atoms with E-state index >= 15 is 0 Å². The summed E-state index contributed by atoms with van der Waals surface area (Å²) in [7, 11) is 0. The van der Waals surface area contributed by atoms with Crippen LogP contribution in [-0.4, -0.2) is 21.4 Å². The lowest BCUT2D eigenvalue weighted by Gasteiger charge is -2.29. The number of benzene rings is 2. The van der Waals surface area contributed by atoms with Crippen molar-refractivity contribution in [1.29, 1.82) is 0 Å². The van der Waals surface area contributed by atoms with E-state index in [2.05, 4.69) is 70.3 Å². The first-order chi connectivity index (χ1) is 11.0. The van der Waals surface area contributed by atoms with Gasteiger partial charge in [0.15, 0.2) is 0 Å². The monoisotopic (exact) mass is 365 g/mol. The van der Waals surface area contributed by atoms with Crippen LogP contribution in [0.25, 0.3) is 10.9 Å². The van der Waals surface area contributed by atoms with Crippen LogP contribution < -0.4 is 0 Å². The van der Waals surface area contributed by atoms with E-state index in [1.807, 2.05) is 18.2 Å². The van der Waals surface area contributed by atoms with E-state index < -0.39 is 0 Å². The highest BCUT2D eigenvalue weighted by Crippen LogP contribution is 2.31. The quantitative estimate of drug-likeness (QED) is 0.633. The number of fused-ring (bicyclic) bond motifs is 2. The van der Waals surface area contributed by atoms with Crippen LogP contribution in [0.5, 0.6) is 0 Å². The molecular weight excluding hydrogens is 350 g/mol. The van der Waals surface area contributed by atoms with Crippen LogP contribution in [0.2, 0.25) is 0 Å². The van der Waals surface area contributed by atoms with Crippen LogP contribution in [0, 0.1) is 0 Å². The predicted octanol–water partition coefficient (Wildman–Crippen LogP) is 4.56. The van der Waals surface area contributed by atoms with Crippen molar-refractivity contribution in [2.24, 2.45) is 4.99 Å². The van der Waals surface area contributed by atoms with Gasteiger partial charge in [0, 0.05) is 15.4 Å². The van der Waals surface area contributed by atoms with Crippen LogP contribution in [0.4, 0.5) is 0 Å². The molecule has 114 valence electrons. The molecule has 3 aromatic rings. The maximum absolute atomic E-state index is 4.97. The van der Waals surface area contributed by atoms with Crippen molar-refractivity contribution in [3.8, 4) is 0 Å². The second-order valence-electron chi connectivity index (χ2n) is 6.54. The topological polar surface area (TPSA) is 38.1 Å². The van der Waals surface area contributed by atoms with Crippen molar-refractivity contribution in [3.63, 3.8) is 0 Å². The highest BCUT2D eigenvalue weighted by atomic mass is 79.9. The molecule has 0 radical (unpaired) electrons. The van der Waals surface area contributed by atoms with Crippen molar-refractivity contribution >= 4 is 32.5 Å². The number of halogens is 1. The average Bonchev–Trinajstić information content (AvgIpc) is 2.53. The molecule has 0 unspecified atom stereocenters. The zero-order valence-electron chi connectivity index (χ0n) is 13.0. The predicted molar refractivity (Wildman–Crippen MR) is 97.1 cm³/mol. The molecule has 0 fully saturated rings. The molecule has 0 N–H and O–H groups in total. The van der Waals surface area contributed by atoms with Crippen LogP contribution >= 0.6 is 15.9 Å². The first kappa shape index (κ1) is 14.5. The third kappa shape index (κ3) is 2.68. The lowest BCUT2D eigenvalue weighted by molar-refractivity contribution is 0.513. The maximum Gasteiger partial charge on any atom is 0.112 e. The van der Waals surface area contributed by atoms with Gasteiger partial charge in [-0.1, -0.05) is 40.2 Å². The Bertz CT molecular complexity index is 944. The number of hydrogen-bond donors (Lipinski definition) is 0. The van der Waals surface area contributed by atoms with Gasteiger partial charge >= 0.3 is 0 Å². The Morgan fingerprint density at radius 1 is 1.00 bits per heavy atom. The Hall–Kier alpha value is -2.07. The van der Waals surface area contributed by atoms with Gasteiger partial charge in [-0.25, -0.2) is 0 Å². The van der Waals surface area contributed by atoms with Crippen molar-refractivity contribution in [1.82, 2.24) is 10.2 Å². The fourth-order valence-corrected chi connectivity index (χ4v) is 3.45. The number of aromatic nitrogens is 2. The van der Waals surface area contributed by atoms with Crippen molar-refractivity contribution < 1.29 is 0 Å². The molecule has 1 aromatic heterocycles. The lowest BCUT2D eigenvalue weighted by Crippen LogP contribution is -2.29. The molecule has 1 aliphatic rings. The molecule has 0 saturated carbocycles. The molecular formula is C19H16BrN3. The zero-order valence-corrected chi connectivity index (χ0v) is 14.6. The molecule has 0 spiro atoms. The summed E-state index contributed by atoms with van der Waals surface area (Å²) in [5.41, 5.74) is 4.97. The molecule has 4 heteroatoms. The van der Waals surface area contributed by atoms with Gasteiger partial charge in [-0.15, -0.1) is 10.2 Å². The fraction of sp³-hybridized carbons (Fsp3) is 0.211. The van der Waals surface area contributed by atoms with E-state index in [0.717, 1.165) is 38.8 Å². The molecule has 1 aliphatic heterocycles. The third-order valence-electron chi connectivity index (χ3n) is 4.10. The van der Waals surface area contributed by atoms with E-state index in [4.69, 9.17) is 4.99 Å². The Morgan fingerprint density at radius 3 is 2.70 bits per heavy atom. The van der Waals surface area contributed by atoms with Crippen molar-refractivity contribution in [3.05, 3.63) is 69.8 Å². The number of rotatable bonds is 1. The van der Waals surface area contributed by atoms with Gasteiger partial charge in [0.05, 0.1) is 16.8 Å². The van der Waals surface area contributed by atoms with Crippen molar-refractivity contribution in [2.75, 3.05) is 0 Å². The Labute approximate surface area is 143 Å². The summed E-state index contributed by atoms with van der Waals surface area (Å²) in [6.45, 7) is 4.32. The summed E-state index contributed by atoms with van der Waals surface area (Å²) in [6, 6.07) is 16.5. The fourth-order valence-electron chi connectivity index (χ4n) is 3.09. The number of hydrogen-bond acceptors (Lipinski definition) is 3. The van der Waals surface area contributed by atoms with Crippen LogP contribution in [0.3, 0.4) is 0 Å². The molecule has 0 atom stereocenters. The van der Waals surface area contributed by atoms with E-state index in [-0.39, 0.29) is 5.54 Å². The summed E-state index contributed by atoms with van der Waals surface area (Å²) in [5.74, 6) is 0. The molecule has 2 aromatic carbocycles. The lowest BCUT2D eigenvalue weighted by atomic mass is 9.86. The maximum atomic E-state index is 4.97. The van der Waals surface area contributed by atoms with Crippen LogP contribution in [-0.2, 0) is 6.42 Å². The molecule has 4 rings (SSSR count). The molecule has 0 bridgehead atoms. The van der Waals surface area contributed by atoms with Gasteiger partial charge < -0.3 is 0 Å². The van der Waals surface area contributed by atoms with Gasteiger partial charge in [0.25, 0.3) is 0 Å². The van der Waals surface area contributed by atoms with E-state index in [1.165, 1.54) is 5.56 Å². The zero-order chi connectivity index (χ0) is 16.0. The van der Waals surface area contributed by atoms with Gasteiger partial charge in [-0.05, 0) is 50.1 Å². The molecule has 2 heterocycles. The van der Waals surface area contributed by atoms with Gasteiger partial charge in [-0.2, -0.15) is 0 Å². The Morgan fingerprint density at radius 2 is 1.83 bits per heavy atom. The van der Waals surface area contributed by atoms with E-state index in [9.17, 15) is 0 Å². The Balaban J connectivity index is 1.94. The first-order valence-electron chi connectivity index (χ1n) is 7.63. The first-order valence-corrected chi connectivity index (χ1v) is 8.43. The molecule has 0 aliphatic carbocycles. The van der Waals surface area contributed by atoms with E-state index in [0.29, 0.717) is 0 Å². The second-order valence-corrected chi connectivity index (χ2v) is 7.46. The smallest absolute Gasteiger partial charge is 0.112 e. The minimum Gasteiger partial charge on any atom is -0.276 e. The SMILES string of the molecule is CC1(C)Cc2ccc(Br)cc2C(c2cc3ccccc3nn2)=N1. The second kappa shape index (κ2) is 5.24. The molecule has 0 amide bonds. The highest BCUT2D eigenvalue weighted by molar-refractivity contribution is 9.10. The largest absolute Gasteiger partial charge is 0.276 e. The summed E-state index contributed by atoms with van der Waals surface area (Å²) < 4.78 is 1.05. The summed E-state index contributed by atoms with van der Waals surface area (Å²) in [6.07, 6.45) is 0.931. The minimum absolute atomic E-state index is 0.135. The van der Waals surface area contributed by atoms with Gasteiger partial charge in [-0.3, -0.25) is 4.99 Å². The standard InChI is InChI=1S/C19H16BrN3/c1-19(2)11-13-7-8-14(20)10-15(13)18(21-19)17-9-12-5-3-4-6-16(12)22-23-17/h3-10H,11H2,1-2H3. The van der Waals surface area contributed by atoms with Gasteiger partial charge in [0.1, 0.15) is 5.69 Å². The molecule has 0 saturated heterocycles. The van der Waals surface area contributed by atoms with Gasteiger partial charge in [0.2, 0.25) is 0 Å².